The van der Waals surface area contributed by atoms with Gasteiger partial charge in [0.25, 0.3) is 0 Å². The highest BCUT2D eigenvalue weighted by molar-refractivity contribution is 9.10. The van der Waals surface area contributed by atoms with Gasteiger partial charge in [-0.2, -0.15) is 0 Å². The molecule has 0 saturated carbocycles. The van der Waals surface area contributed by atoms with Gasteiger partial charge in [-0.25, -0.2) is 4.39 Å². The second-order valence-electron chi connectivity index (χ2n) is 4.73. The van der Waals surface area contributed by atoms with E-state index >= 15 is 0 Å². The average Bonchev–Trinajstić information content (AvgIpc) is 2.38. The zero-order valence-corrected chi connectivity index (χ0v) is 13.0. The van der Waals surface area contributed by atoms with Crippen LogP contribution in [0, 0.1) is 19.7 Å². The summed E-state index contributed by atoms with van der Waals surface area (Å²) >= 11 is 3.40. The number of hydrogen-bond donors (Lipinski definition) is 1. The smallest absolute Gasteiger partial charge is 0.128 e. The molecule has 0 amide bonds. The van der Waals surface area contributed by atoms with Gasteiger partial charge in [-0.05, 0) is 54.8 Å². The van der Waals surface area contributed by atoms with E-state index in [1.54, 1.807) is 6.07 Å². The van der Waals surface area contributed by atoms with Crippen molar-refractivity contribution < 1.29 is 14.2 Å². The largest absolute Gasteiger partial charge is 0.488 e. The maximum atomic E-state index is 13.1. The lowest BCUT2D eigenvalue weighted by Gasteiger charge is -2.15. The molecular weight excluding hydrogens is 323 g/mol. The Morgan fingerprint density at radius 1 is 1.10 bits per heavy atom. The molecule has 0 spiro atoms. The maximum absolute atomic E-state index is 13.1. The van der Waals surface area contributed by atoms with Crippen LogP contribution in [0.25, 0.3) is 0 Å². The van der Waals surface area contributed by atoms with Crippen LogP contribution in [0.1, 0.15) is 22.3 Å². The lowest BCUT2D eigenvalue weighted by Crippen LogP contribution is -2.02. The number of aliphatic hydroxyl groups is 1. The standard InChI is InChI=1S/C16H16BrFO2/c1-10-6-15(18)4-3-12(10)9-20-16-11(2)5-14(17)7-13(16)8-19/h3-7,19H,8-9H2,1-2H3. The molecule has 20 heavy (non-hydrogen) atoms. The summed E-state index contributed by atoms with van der Waals surface area (Å²) in [5.41, 5.74) is 3.46. The predicted octanol–water partition coefficient (Wildman–Crippen LogP) is 4.28. The molecule has 0 heterocycles. The van der Waals surface area contributed by atoms with E-state index in [9.17, 15) is 9.50 Å². The van der Waals surface area contributed by atoms with Crippen LogP contribution >= 0.6 is 15.9 Å². The van der Waals surface area contributed by atoms with Crippen molar-refractivity contribution in [3.05, 3.63) is 62.9 Å². The molecule has 0 atom stereocenters. The summed E-state index contributed by atoms with van der Waals surface area (Å²) < 4.78 is 19.8. The van der Waals surface area contributed by atoms with E-state index in [4.69, 9.17) is 4.74 Å². The third-order valence-electron chi connectivity index (χ3n) is 3.16. The minimum absolute atomic E-state index is 0.0853. The third kappa shape index (κ3) is 3.38. The van der Waals surface area contributed by atoms with E-state index < -0.39 is 0 Å². The van der Waals surface area contributed by atoms with Gasteiger partial charge in [-0.15, -0.1) is 0 Å². The summed E-state index contributed by atoms with van der Waals surface area (Å²) in [7, 11) is 0. The molecule has 0 saturated heterocycles. The van der Waals surface area contributed by atoms with Crippen LogP contribution < -0.4 is 4.74 Å². The van der Waals surface area contributed by atoms with Crippen LogP contribution in [0.5, 0.6) is 5.75 Å². The number of aryl methyl sites for hydroxylation is 2. The molecule has 2 nitrogen and oxygen atoms in total. The fourth-order valence-electron chi connectivity index (χ4n) is 2.09. The van der Waals surface area contributed by atoms with Gasteiger partial charge in [0.15, 0.2) is 0 Å². The van der Waals surface area contributed by atoms with Crippen LogP contribution in [-0.4, -0.2) is 5.11 Å². The second kappa shape index (κ2) is 6.37. The van der Waals surface area contributed by atoms with Gasteiger partial charge < -0.3 is 9.84 Å². The van der Waals surface area contributed by atoms with Crippen molar-refractivity contribution >= 4 is 15.9 Å². The highest BCUT2D eigenvalue weighted by Crippen LogP contribution is 2.29. The molecule has 0 fully saturated rings. The molecule has 2 rings (SSSR count). The monoisotopic (exact) mass is 338 g/mol. The van der Waals surface area contributed by atoms with Crippen molar-refractivity contribution in [1.82, 2.24) is 0 Å². The van der Waals surface area contributed by atoms with Crippen molar-refractivity contribution in [2.45, 2.75) is 27.1 Å². The van der Waals surface area contributed by atoms with E-state index in [0.717, 1.165) is 26.7 Å². The van der Waals surface area contributed by atoms with Gasteiger partial charge in [-0.3, -0.25) is 0 Å². The number of benzene rings is 2. The Morgan fingerprint density at radius 2 is 1.85 bits per heavy atom. The lowest BCUT2D eigenvalue weighted by atomic mass is 10.1. The van der Waals surface area contributed by atoms with E-state index in [1.165, 1.54) is 12.1 Å². The zero-order valence-electron chi connectivity index (χ0n) is 11.4. The van der Waals surface area contributed by atoms with E-state index in [1.807, 2.05) is 26.0 Å². The van der Waals surface area contributed by atoms with Crippen molar-refractivity contribution in [1.29, 1.82) is 0 Å². The zero-order chi connectivity index (χ0) is 14.7. The van der Waals surface area contributed by atoms with Crippen LogP contribution in [0.4, 0.5) is 4.39 Å². The summed E-state index contributed by atoms with van der Waals surface area (Å²) in [5, 5.41) is 9.41. The fraction of sp³-hybridized carbons (Fsp3) is 0.250. The number of rotatable bonds is 4. The fourth-order valence-corrected chi connectivity index (χ4v) is 2.71. The van der Waals surface area contributed by atoms with Gasteiger partial charge in [0.05, 0.1) is 6.61 Å². The van der Waals surface area contributed by atoms with Crippen molar-refractivity contribution in [2.75, 3.05) is 0 Å². The molecule has 2 aromatic rings. The molecule has 0 radical (unpaired) electrons. The highest BCUT2D eigenvalue weighted by atomic mass is 79.9. The number of halogens is 2. The Morgan fingerprint density at radius 3 is 2.50 bits per heavy atom. The first-order chi connectivity index (χ1) is 9.51. The topological polar surface area (TPSA) is 29.5 Å². The van der Waals surface area contributed by atoms with Gasteiger partial charge in [-0.1, -0.05) is 22.0 Å². The molecule has 0 aliphatic heterocycles. The molecule has 0 aliphatic rings. The van der Waals surface area contributed by atoms with E-state index in [0.29, 0.717) is 12.4 Å². The van der Waals surface area contributed by atoms with Crippen molar-refractivity contribution in [3.8, 4) is 5.75 Å². The Kier molecular flexibility index (Phi) is 4.78. The molecule has 106 valence electrons. The van der Waals surface area contributed by atoms with E-state index in [-0.39, 0.29) is 12.4 Å². The highest BCUT2D eigenvalue weighted by Gasteiger charge is 2.09. The normalized spacial score (nSPS) is 10.7. The first-order valence-electron chi connectivity index (χ1n) is 6.29. The Bertz CT molecular complexity index is 626. The summed E-state index contributed by atoms with van der Waals surface area (Å²) in [6.07, 6.45) is 0. The van der Waals surface area contributed by atoms with E-state index in [2.05, 4.69) is 15.9 Å². The molecule has 0 bridgehead atoms. The molecular formula is C16H16BrFO2. The Balaban J connectivity index is 2.22. The third-order valence-corrected chi connectivity index (χ3v) is 3.62. The summed E-state index contributed by atoms with van der Waals surface area (Å²) in [6.45, 7) is 4.04. The molecule has 0 unspecified atom stereocenters. The number of ether oxygens (including phenoxy) is 1. The minimum Gasteiger partial charge on any atom is -0.488 e. The summed E-state index contributed by atoms with van der Waals surface area (Å²) in [6, 6.07) is 8.40. The SMILES string of the molecule is Cc1cc(F)ccc1COc1c(C)cc(Br)cc1CO. The van der Waals surface area contributed by atoms with Crippen molar-refractivity contribution in [2.24, 2.45) is 0 Å². The quantitative estimate of drug-likeness (QED) is 0.901. The lowest BCUT2D eigenvalue weighted by molar-refractivity contribution is 0.257. The van der Waals surface area contributed by atoms with Gasteiger partial charge >= 0.3 is 0 Å². The number of hydrogen-bond acceptors (Lipinski definition) is 2. The molecule has 0 aromatic heterocycles. The minimum atomic E-state index is -0.248. The van der Waals surface area contributed by atoms with Gasteiger partial charge in [0.1, 0.15) is 18.2 Å². The van der Waals surface area contributed by atoms with Gasteiger partial charge in [0.2, 0.25) is 0 Å². The van der Waals surface area contributed by atoms with Crippen LogP contribution in [0.2, 0.25) is 0 Å². The second-order valence-corrected chi connectivity index (χ2v) is 5.64. The Hall–Kier alpha value is -1.39. The Labute approximate surface area is 126 Å². The summed E-state index contributed by atoms with van der Waals surface area (Å²) in [4.78, 5) is 0. The average molecular weight is 339 g/mol. The molecule has 4 heteroatoms. The molecule has 1 N–H and O–H groups in total. The molecule has 0 aliphatic carbocycles. The first kappa shape index (κ1) is 15.0. The maximum Gasteiger partial charge on any atom is 0.128 e. The predicted molar refractivity (Wildman–Crippen MR) is 80.3 cm³/mol. The van der Waals surface area contributed by atoms with Gasteiger partial charge in [0, 0.05) is 10.0 Å². The molecule has 2 aromatic carbocycles. The van der Waals surface area contributed by atoms with Crippen LogP contribution in [0.15, 0.2) is 34.8 Å². The first-order valence-corrected chi connectivity index (χ1v) is 7.08. The summed E-state index contributed by atoms with van der Waals surface area (Å²) in [5.74, 6) is 0.432. The van der Waals surface area contributed by atoms with Crippen molar-refractivity contribution in [3.63, 3.8) is 0 Å². The number of aliphatic hydroxyl groups excluding tert-OH is 1. The van der Waals surface area contributed by atoms with Crippen LogP contribution in [0.3, 0.4) is 0 Å². The van der Waals surface area contributed by atoms with Crippen LogP contribution in [-0.2, 0) is 13.2 Å².